The maximum atomic E-state index is 13.0. The Hall–Kier alpha value is -1.91. The molecule has 5 nitrogen and oxygen atoms in total. The molecule has 1 aromatic heterocycles. The SMILES string of the molecule is CCOC(=O)NC(NCc1ccco1)(C(F)(F)F)C(F)(F)F. The summed E-state index contributed by atoms with van der Waals surface area (Å²) in [4.78, 5) is 11.1. The van der Waals surface area contributed by atoms with Gasteiger partial charge in [-0.1, -0.05) is 0 Å². The van der Waals surface area contributed by atoms with Gasteiger partial charge in [0.1, 0.15) is 5.76 Å². The van der Waals surface area contributed by atoms with Gasteiger partial charge in [0.15, 0.2) is 0 Å². The van der Waals surface area contributed by atoms with Crippen LogP contribution in [0.25, 0.3) is 0 Å². The summed E-state index contributed by atoms with van der Waals surface area (Å²) < 4.78 is 86.9. The molecule has 0 aliphatic rings. The quantitative estimate of drug-likeness (QED) is 0.642. The Bertz CT molecular complexity index is 469. The smallest absolute Gasteiger partial charge is 0.434 e. The summed E-state index contributed by atoms with van der Waals surface area (Å²) in [6, 6.07) is 2.47. The minimum absolute atomic E-state index is 0.177. The van der Waals surface area contributed by atoms with Crippen LogP contribution in [0.2, 0.25) is 0 Å². The van der Waals surface area contributed by atoms with E-state index in [1.54, 1.807) is 0 Å². The van der Waals surface area contributed by atoms with Gasteiger partial charge in [-0.15, -0.1) is 0 Å². The molecule has 2 N–H and O–H groups in total. The van der Waals surface area contributed by atoms with Gasteiger partial charge in [-0.2, -0.15) is 26.3 Å². The second-order valence-corrected chi connectivity index (χ2v) is 4.02. The number of amides is 1. The van der Waals surface area contributed by atoms with Crippen LogP contribution in [-0.2, 0) is 11.3 Å². The Balaban J connectivity index is 3.11. The second kappa shape index (κ2) is 6.46. The fourth-order valence-corrected chi connectivity index (χ4v) is 1.50. The van der Waals surface area contributed by atoms with Crippen molar-refractivity contribution in [1.29, 1.82) is 0 Å². The number of alkyl carbamates (subject to hydrolysis) is 1. The molecule has 0 atom stereocenters. The molecule has 11 heteroatoms. The predicted octanol–water partition coefficient (Wildman–Crippen LogP) is 2.94. The van der Waals surface area contributed by atoms with E-state index in [1.807, 2.05) is 0 Å². The molecule has 126 valence electrons. The molecule has 0 aromatic carbocycles. The first kappa shape index (κ1) is 18.1. The maximum Gasteiger partial charge on any atom is 0.434 e. The summed E-state index contributed by atoms with van der Waals surface area (Å²) in [6.45, 7) is -0.0764. The van der Waals surface area contributed by atoms with E-state index in [1.165, 1.54) is 24.4 Å². The second-order valence-electron chi connectivity index (χ2n) is 4.02. The highest BCUT2D eigenvalue weighted by Crippen LogP contribution is 2.41. The fourth-order valence-electron chi connectivity index (χ4n) is 1.50. The van der Waals surface area contributed by atoms with E-state index in [0.717, 1.165) is 11.6 Å². The Morgan fingerprint density at radius 3 is 2.23 bits per heavy atom. The third-order valence-electron chi connectivity index (χ3n) is 2.52. The van der Waals surface area contributed by atoms with Crippen molar-refractivity contribution < 1.29 is 40.3 Å². The molecule has 1 rings (SSSR count). The van der Waals surface area contributed by atoms with Crippen molar-refractivity contribution in [2.45, 2.75) is 31.5 Å². The zero-order valence-electron chi connectivity index (χ0n) is 11.1. The van der Waals surface area contributed by atoms with Gasteiger partial charge in [0.25, 0.3) is 5.66 Å². The van der Waals surface area contributed by atoms with E-state index < -0.39 is 37.3 Å². The van der Waals surface area contributed by atoms with Crippen LogP contribution in [0.1, 0.15) is 12.7 Å². The van der Waals surface area contributed by atoms with Crippen LogP contribution in [0.4, 0.5) is 31.1 Å². The van der Waals surface area contributed by atoms with Crippen molar-refractivity contribution >= 4 is 6.09 Å². The Morgan fingerprint density at radius 2 is 1.82 bits per heavy atom. The third kappa shape index (κ3) is 3.84. The maximum absolute atomic E-state index is 13.0. The minimum Gasteiger partial charge on any atom is -0.468 e. The van der Waals surface area contributed by atoms with E-state index >= 15 is 0 Å². The lowest BCUT2D eigenvalue weighted by atomic mass is 10.1. The molecule has 22 heavy (non-hydrogen) atoms. The van der Waals surface area contributed by atoms with Gasteiger partial charge in [-0.3, -0.25) is 10.6 Å². The van der Waals surface area contributed by atoms with Crippen molar-refractivity contribution in [3.63, 3.8) is 0 Å². The molecule has 0 radical (unpaired) electrons. The summed E-state index contributed by atoms with van der Waals surface area (Å²) >= 11 is 0. The molecule has 1 amide bonds. The zero-order valence-corrected chi connectivity index (χ0v) is 11.1. The number of nitrogens with one attached hydrogen (secondary N) is 2. The number of carbonyl (C=O) groups is 1. The number of furan rings is 1. The summed E-state index contributed by atoms with van der Waals surface area (Å²) in [6.07, 6.45) is -12.5. The Morgan fingerprint density at radius 1 is 1.23 bits per heavy atom. The van der Waals surface area contributed by atoms with Crippen LogP contribution in [0.15, 0.2) is 22.8 Å². The van der Waals surface area contributed by atoms with Crippen LogP contribution in [-0.4, -0.2) is 30.7 Å². The largest absolute Gasteiger partial charge is 0.468 e. The Labute approximate surface area is 120 Å². The average molecular weight is 334 g/mol. The van der Waals surface area contributed by atoms with Gasteiger partial charge in [-0.05, 0) is 19.1 Å². The van der Waals surface area contributed by atoms with Gasteiger partial charge < -0.3 is 9.15 Å². The first-order valence-corrected chi connectivity index (χ1v) is 5.89. The molecule has 0 unspecified atom stereocenters. The highest BCUT2D eigenvalue weighted by Gasteiger charge is 2.72. The van der Waals surface area contributed by atoms with Crippen molar-refractivity contribution in [2.24, 2.45) is 0 Å². The van der Waals surface area contributed by atoms with Gasteiger partial charge in [0.05, 0.1) is 19.4 Å². The molecule has 1 aromatic rings. The van der Waals surface area contributed by atoms with Crippen LogP contribution in [0.3, 0.4) is 0 Å². The number of hydrogen-bond acceptors (Lipinski definition) is 4. The molecule has 0 saturated heterocycles. The van der Waals surface area contributed by atoms with Gasteiger partial charge >= 0.3 is 18.4 Å². The molecule has 1 heterocycles. The van der Waals surface area contributed by atoms with Crippen LogP contribution < -0.4 is 10.6 Å². The molecular formula is C11H12F6N2O3. The summed E-state index contributed by atoms with van der Waals surface area (Å²) in [5, 5.41) is 2.06. The average Bonchev–Trinajstić information content (AvgIpc) is 2.84. The van der Waals surface area contributed by atoms with Crippen molar-refractivity contribution in [1.82, 2.24) is 10.6 Å². The third-order valence-corrected chi connectivity index (χ3v) is 2.52. The van der Waals surface area contributed by atoms with Gasteiger partial charge in [0.2, 0.25) is 0 Å². The molecule has 0 saturated carbocycles. The molecule has 0 aliphatic heterocycles. The summed E-state index contributed by atoms with van der Waals surface area (Å²) in [5.41, 5.74) is -4.67. The standard InChI is InChI=1S/C11H12F6N2O3/c1-2-21-8(20)19-9(10(12,13)14,11(15,16)17)18-6-7-4-3-5-22-7/h3-5,18H,2,6H2,1H3,(H,19,20). The van der Waals surface area contributed by atoms with Gasteiger partial charge in [-0.25, -0.2) is 4.79 Å². The van der Waals surface area contributed by atoms with Crippen LogP contribution >= 0.6 is 0 Å². The monoisotopic (exact) mass is 334 g/mol. The van der Waals surface area contributed by atoms with Crippen molar-refractivity contribution in [2.75, 3.05) is 6.61 Å². The molecule has 0 bridgehead atoms. The number of halogens is 6. The topological polar surface area (TPSA) is 63.5 Å². The summed E-state index contributed by atoms with van der Waals surface area (Å²) in [5.74, 6) is -0.177. The number of alkyl halides is 6. The van der Waals surface area contributed by atoms with Crippen LogP contribution in [0.5, 0.6) is 0 Å². The molecule has 0 spiro atoms. The number of carbonyl (C=O) groups excluding carboxylic acids is 1. The normalized spacial score (nSPS) is 13.0. The Kier molecular flexibility index (Phi) is 5.33. The minimum atomic E-state index is -5.87. The van der Waals surface area contributed by atoms with Crippen LogP contribution in [0, 0.1) is 0 Å². The first-order chi connectivity index (χ1) is 10.0. The van der Waals surface area contributed by atoms with Gasteiger partial charge in [0, 0.05) is 0 Å². The molecule has 0 aliphatic carbocycles. The zero-order chi connectivity index (χ0) is 17.0. The lowest BCUT2D eigenvalue weighted by Crippen LogP contribution is -2.75. The molecule has 0 fully saturated rings. The predicted molar refractivity (Wildman–Crippen MR) is 60.5 cm³/mol. The number of rotatable bonds is 5. The number of hydrogen-bond donors (Lipinski definition) is 2. The van der Waals surface area contributed by atoms with Crippen molar-refractivity contribution in [3.8, 4) is 0 Å². The highest BCUT2D eigenvalue weighted by molar-refractivity contribution is 5.68. The van der Waals surface area contributed by atoms with E-state index in [4.69, 9.17) is 0 Å². The lowest BCUT2D eigenvalue weighted by molar-refractivity contribution is -0.315. The van der Waals surface area contributed by atoms with E-state index in [0.29, 0.717) is 0 Å². The molecular weight excluding hydrogens is 322 g/mol. The van der Waals surface area contributed by atoms with E-state index in [9.17, 15) is 31.1 Å². The highest BCUT2D eigenvalue weighted by atomic mass is 19.4. The van der Waals surface area contributed by atoms with E-state index in [-0.39, 0.29) is 5.76 Å². The first-order valence-electron chi connectivity index (χ1n) is 5.89. The van der Waals surface area contributed by atoms with Crippen molar-refractivity contribution in [3.05, 3.63) is 24.2 Å². The van der Waals surface area contributed by atoms with E-state index in [2.05, 4.69) is 9.15 Å². The lowest BCUT2D eigenvalue weighted by Gasteiger charge is -2.37. The fraction of sp³-hybridized carbons (Fsp3) is 0.545. The summed E-state index contributed by atoms with van der Waals surface area (Å²) in [7, 11) is 0. The number of ether oxygens (including phenoxy) is 1.